The van der Waals surface area contributed by atoms with Crippen molar-refractivity contribution in [3.8, 4) is 0 Å². The number of rotatable bonds is 6. The molecule has 2 rings (SSSR count). The Morgan fingerprint density at radius 2 is 2.11 bits per heavy atom. The van der Waals surface area contributed by atoms with E-state index in [9.17, 15) is 0 Å². The first-order chi connectivity index (χ1) is 8.86. The van der Waals surface area contributed by atoms with Gasteiger partial charge in [0.05, 0.1) is 18.3 Å². The zero-order valence-electron chi connectivity index (χ0n) is 11.0. The van der Waals surface area contributed by atoms with Gasteiger partial charge in [-0.3, -0.25) is 4.98 Å². The second-order valence-electron chi connectivity index (χ2n) is 4.38. The molecule has 0 fully saturated rings. The Bertz CT molecular complexity index is 493. The summed E-state index contributed by atoms with van der Waals surface area (Å²) in [5, 5.41) is 5.91. The molecule has 0 aliphatic rings. The quantitative estimate of drug-likeness (QED) is 0.848. The zero-order chi connectivity index (χ0) is 12.8. The maximum atomic E-state index is 5.30. The van der Waals surface area contributed by atoms with Crippen LogP contribution in [0, 0.1) is 0 Å². The van der Waals surface area contributed by atoms with Gasteiger partial charge in [-0.2, -0.15) is 0 Å². The largest absolute Gasteiger partial charge is 0.383 e. The number of methoxy groups -OCH3 is 1. The third-order valence-electron chi connectivity index (χ3n) is 3.01. The molecule has 0 saturated carbocycles. The molecule has 1 heterocycles. The van der Waals surface area contributed by atoms with Crippen molar-refractivity contribution in [1.82, 2.24) is 10.3 Å². The van der Waals surface area contributed by atoms with Crippen LogP contribution in [0.4, 0.5) is 0 Å². The van der Waals surface area contributed by atoms with Crippen molar-refractivity contribution in [1.29, 1.82) is 0 Å². The van der Waals surface area contributed by atoms with Crippen LogP contribution in [-0.2, 0) is 4.74 Å². The third-order valence-corrected chi connectivity index (χ3v) is 3.01. The molecule has 3 nitrogen and oxygen atoms in total. The Labute approximate surface area is 108 Å². The van der Waals surface area contributed by atoms with Crippen molar-refractivity contribution in [2.75, 3.05) is 20.3 Å². The molecule has 2 aromatic rings. The number of fused-ring (bicyclic) bond motifs is 1. The summed E-state index contributed by atoms with van der Waals surface area (Å²) >= 11 is 0. The van der Waals surface area contributed by atoms with E-state index in [0.717, 1.165) is 18.7 Å². The SMILES string of the molecule is CCCNC(COC)c1nccc2ccccc12. The lowest BCUT2D eigenvalue weighted by Crippen LogP contribution is -2.27. The summed E-state index contributed by atoms with van der Waals surface area (Å²) in [7, 11) is 1.73. The predicted octanol–water partition coefficient (Wildman–Crippen LogP) is 2.92. The Kier molecular flexibility index (Phi) is 4.67. The molecule has 0 bridgehead atoms. The summed E-state index contributed by atoms with van der Waals surface area (Å²) in [4.78, 5) is 4.54. The van der Waals surface area contributed by atoms with E-state index in [4.69, 9.17) is 4.74 Å². The maximum Gasteiger partial charge on any atom is 0.0738 e. The molecule has 1 N–H and O–H groups in total. The molecule has 96 valence electrons. The first-order valence-corrected chi connectivity index (χ1v) is 6.42. The second kappa shape index (κ2) is 6.47. The highest BCUT2D eigenvalue weighted by molar-refractivity contribution is 5.84. The summed E-state index contributed by atoms with van der Waals surface area (Å²) < 4.78 is 5.30. The molecular formula is C15H20N2O. The highest BCUT2D eigenvalue weighted by Gasteiger charge is 2.14. The first kappa shape index (κ1) is 13.0. The fourth-order valence-electron chi connectivity index (χ4n) is 2.14. The minimum Gasteiger partial charge on any atom is -0.383 e. The molecular weight excluding hydrogens is 224 g/mol. The van der Waals surface area contributed by atoms with Crippen molar-refractivity contribution >= 4 is 10.8 Å². The third kappa shape index (κ3) is 2.86. The standard InChI is InChI=1S/C15H20N2O/c1-3-9-16-14(11-18-2)15-13-7-5-4-6-12(13)8-10-17-15/h4-8,10,14,16H,3,9,11H2,1-2H3. The number of hydrogen-bond donors (Lipinski definition) is 1. The predicted molar refractivity (Wildman–Crippen MR) is 74.7 cm³/mol. The molecule has 18 heavy (non-hydrogen) atoms. The number of hydrogen-bond acceptors (Lipinski definition) is 3. The number of pyridine rings is 1. The van der Waals surface area contributed by atoms with Crippen LogP contribution in [0.5, 0.6) is 0 Å². The highest BCUT2D eigenvalue weighted by Crippen LogP contribution is 2.22. The summed E-state index contributed by atoms with van der Waals surface area (Å²) in [6.45, 7) is 3.77. The summed E-state index contributed by atoms with van der Waals surface area (Å²) in [6.07, 6.45) is 2.97. The number of nitrogens with zero attached hydrogens (tertiary/aromatic N) is 1. The molecule has 1 aromatic carbocycles. The van der Waals surface area contributed by atoms with Crippen molar-refractivity contribution in [2.45, 2.75) is 19.4 Å². The number of ether oxygens (including phenoxy) is 1. The number of benzene rings is 1. The molecule has 0 aliphatic carbocycles. The van der Waals surface area contributed by atoms with Crippen molar-refractivity contribution in [3.05, 3.63) is 42.2 Å². The van der Waals surface area contributed by atoms with E-state index in [0.29, 0.717) is 6.61 Å². The molecule has 1 unspecified atom stereocenters. The summed E-state index contributed by atoms with van der Waals surface area (Å²) in [6, 6.07) is 10.5. The second-order valence-corrected chi connectivity index (χ2v) is 4.38. The van der Waals surface area contributed by atoms with Crippen LogP contribution in [0.25, 0.3) is 10.8 Å². The Morgan fingerprint density at radius 1 is 1.28 bits per heavy atom. The van der Waals surface area contributed by atoms with Crippen LogP contribution in [0.1, 0.15) is 25.1 Å². The van der Waals surface area contributed by atoms with Gasteiger partial charge in [0.1, 0.15) is 0 Å². The first-order valence-electron chi connectivity index (χ1n) is 6.42. The average Bonchev–Trinajstić information content (AvgIpc) is 2.43. The van der Waals surface area contributed by atoms with Crippen LogP contribution in [0.3, 0.4) is 0 Å². The molecule has 0 saturated heterocycles. The topological polar surface area (TPSA) is 34.1 Å². The van der Waals surface area contributed by atoms with E-state index in [2.05, 4.69) is 41.5 Å². The van der Waals surface area contributed by atoms with E-state index in [1.807, 2.05) is 12.3 Å². The Hall–Kier alpha value is -1.45. The van der Waals surface area contributed by atoms with Gasteiger partial charge in [-0.1, -0.05) is 31.2 Å². The lowest BCUT2D eigenvalue weighted by Gasteiger charge is -2.18. The van der Waals surface area contributed by atoms with Crippen LogP contribution < -0.4 is 5.32 Å². The maximum absolute atomic E-state index is 5.30. The van der Waals surface area contributed by atoms with Crippen LogP contribution in [0.15, 0.2) is 36.5 Å². The van der Waals surface area contributed by atoms with Crippen LogP contribution in [-0.4, -0.2) is 25.2 Å². The van der Waals surface area contributed by atoms with Crippen molar-refractivity contribution in [2.24, 2.45) is 0 Å². The molecule has 1 atom stereocenters. The Balaban J connectivity index is 2.36. The van der Waals surface area contributed by atoms with Gasteiger partial charge in [0, 0.05) is 18.7 Å². The summed E-state index contributed by atoms with van der Waals surface area (Å²) in [5.74, 6) is 0. The Morgan fingerprint density at radius 3 is 2.89 bits per heavy atom. The van der Waals surface area contributed by atoms with Gasteiger partial charge in [0.25, 0.3) is 0 Å². The van der Waals surface area contributed by atoms with Gasteiger partial charge in [0.15, 0.2) is 0 Å². The van der Waals surface area contributed by atoms with Gasteiger partial charge in [-0.05, 0) is 24.4 Å². The van der Waals surface area contributed by atoms with E-state index < -0.39 is 0 Å². The number of nitrogens with one attached hydrogen (secondary N) is 1. The molecule has 0 radical (unpaired) electrons. The minimum absolute atomic E-state index is 0.154. The molecule has 3 heteroatoms. The molecule has 0 amide bonds. The van der Waals surface area contributed by atoms with E-state index in [1.165, 1.54) is 10.8 Å². The lowest BCUT2D eigenvalue weighted by molar-refractivity contribution is 0.166. The van der Waals surface area contributed by atoms with E-state index >= 15 is 0 Å². The van der Waals surface area contributed by atoms with Gasteiger partial charge >= 0.3 is 0 Å². The fraction of sp³-hybridized carbons (Fsp3) is 0.400. The van der Waals surface area contributed by atoms with Gasteiger partial charge < -0.3 is 10.1 Å². The van der Waals surface area contributed by atoms with Gasteiger partial charge in [-0.15, -0.1) is 0 Å². The van der Waals surface area contributed by atoms with Crippen LogP contribution >= 0.6 is 0 Å². The number of aromatic nitrogens is 1. The van der Waals surface area contributed by atoms with E-state index in [-0.39, 0.29) is 6.04 Å². The summed E-state index contributed by atoms with van der Waals surface area (Å²) in [5.41, 5.74) is 1.07. The zero-order valence-corrected chi connectivity index (χ0v) is 11.0. The lowest BCUT2D eigenvalue weighted by atomic mass is 10.1. The normalized spacial score (nSPS) is 12.8. The smallest absolute Gasteiger partial charge is 0.0738 e. The molecule has 1 aromatic heterocycles. The monoisotopic (exact) mass is 244 g/mol. The minimum atomic E-state index is 0.154. The average molecular weight is 244 g/mol. The van der Waals surface area contributed by atoms with Crippen molar-refractivity contribution in [3.63, 3.8) is 0 Å². The molecule has 0 aliphatic heterocycles. The van der Waals surface area contributed by atoms with E-state index in [1.54, 1.807) is 7.11 Å². The van der Waals surface area contributed by atoms with Gasteiger partial charge in [-0.25, -0.2) is 0 Å². The highest BCUT2D eigenvalue weighted by atomic mass is 16.5. The molecule has 0 spiro atoms. The van der Waals surface area contributed by atoms with Crippen molar-refractivity contribution < 1.29 is 4.74 Å². The van der Waals surface area contributed by atoms with Gasteiger partial charge in [0.2, 0.25) is 0 Å². The van der Waals surface area contributed by atoms with Crippen LogP contribution in [0.2, 0.25) is 0 Å². The fourth-order valence-corrected chi connectivity index (χ4v) is 2.14.